The zero-order valence-corrected chi connectivity index (χ0v) is 18.4. The number of nitrogen functional groups attached to an aromatic ring is 1. The molecule has 3 rings (SSSR count). The van der Waals surface area contributed by atoms with Gasteiger partial charge in [-0.15, -0.1) is 0 Å². The van der Waals surface area contributed by atoms with Gasteiger partial charge in [-0.3, -0.25) is 0 Å². The van der Waals surface area contributed by atoms with Gasteiger partial charge in [-0.2, -0.15) is 0 Å². The molecule has 6 nitrogen and oxygen atoms in total. The Morgan fingerprint density at radius 3 is 2.50 bits per heavy atom. The Hall–Kier alpha value is -2.28. The van der Waals surface area contributed by atoms with Crippen molar-refractivity contribution in [1.82, 2.24) is 9.88 Å². The number of anilines is 2. The summed E-state index contributed by atoms with van der Waals surface area (Å²) in [5.41, 5.74) is 9.67. The van der Waals surface area contributed by atoms with E-state index in [-0.39, 0.29) is 6.09 Å². The predicted molar refractivity (Wildman–Crippen MR) is 117 cm³/mol. The first-order valence-corrected chi connectivity index (χ1v) is 10.2. The second kappa shape index (κ2) is 7.99. The van der Waals surface area contributed by atoms with E-state index >= 15 is 0 Å². The fourth-order valence-electron chi connectivity index (χ4n) is 3.20. The summed E-state index contributed by atoms with van der Waals surface area (Å²) in [6.45, 7) is 10.3. The third-order valence-corrected chi connectivity index (χ3v) is 5.24. The lowest BCUT2D eigenvalue weighted by Gasteiger charge is -2.36. The number of carbonyl (C=O) groups is 1. The van der Waals surface area contributed by atoms with E-state index in [2.05, 4.69) is 37.9 Å². The fourth-order valence-corrected chi connectivity index (χ4v) is 3.77. The van der Waals surface area contributed by atoms with Crippen LogP contribution in [0.25, 0.3) is 11.1 Å². The Kier molecular flexibility index (Phi) is 5.84. The molecule has 1 aromatic carbocycles. The Balaban J connectivity index is 1.73. The molecule has 0 unspecified atom stereocenters. The number of hydrogen-bond acceptors (Lipinski definition) is 5. The third kappa shape index (κ3) is 4.76. The molecule has 2 N–H and O–H groups in total. The number of ether oxygens (including phenoxy) is 1. The van der Waals surface area contributed by atoms with Crippen LogP contribution in [0, 0.1) is 6.92 Å². The number of rotatable bonds is 2. The zero-order chi connectivity index (χ0) is 20.5. The first-order chi connectivity index (χ1) is 13.1. The van der Waals surface area contributed by atoms with Crippen molar-refractivity contribution >= 4 is 33.5 Å². The van der Waals surface area contributed by atoms with Crippen molar-refractivity contribution in [2.75, 3.05) is 36.8 Å². The third-order valence-electron chi connectivity index (χ3n) is 4.59. The minimum atomic E-state index is -0.480. The molecule has 0 bridgehead atoms. The number of aryl methyl sites for hydroxylation is 1. The molecule has 0 aliphatic carbocycles. The predicted octanol–water partition coefficient (Wildman–Crippen LogP) is 4.46. The van der Waals surface area contributed by atoms with Gasteiger partial charge in [0.2, 0.25) is 0 Å². The smallest absolute Gasteiger partial charge is 0.410 e. The standard InChI is InChI=1S/C21H27BrN4O2/c1-14-11-16(19(23)17(22)12-14)15-5-6-24-18(13-15)25-7-9-26(10-8-25)20(27)28-21(2,3)4/h5-6,11-13H,7-10,23H2,1-4H3. The van der Waals surface area contributed by atoms with Gasteiger partial charge in [0.25, 0.3) is 0 Å². The van der Waals surface area contributed by atoms with Crippen LogP contribution in [0.3, 0.4) is 0 Å². The number of halogens is 1. The van der Waals surface area contributed by atoms with Crippen LogP contribution in [0.15, 0.2) is 34.9 Å². The average Bonchev–Trinajstić information content (AvgIpc) is 2.63. The molecule has 0 atom stereocenters. The number of hydrogen-bond donors (Lipinski definition) is 1. The number of aromatic nitrogens is 1. The van der Waals surface area contributed by atoms with Gasteiger partial charge in [-0.1, -0.05) is 0 Å². The lowest BCUT2D eigenvalue weighted by molar-refractivity contribution is 0.0240. The van der Waals surface area contributed by atoms with E-state index in [1.165, 1.54) is 0 Å². The Bertz CT molecular complexity index is 871. The highest BCUT2D eigenvalue weighted by Crippen LogP contribution is 2.34. The van der Waals surface area contributed by atoms with Crippen LogP contribution < -0.4 is 10.6 Å². The van der Waals surface area contributed by atoms with Crippen molar-refractivity contribution in [1.29, 1.82) is 0 Å². The number of benzene rings is 1. The van der Waals surface area contributed by atoms with Crippen LogP contribution in [0.1, 0.15) is 26.3 Å². The zero-order valence-electron chi connectivity index (χ0n) is 16.8. The minimum Gasteiger partial charge on any atom is -0.444 e. The molecule has 1 saturated heterocycles. The highest BCUT2D eigenvalue weighted by Gasteiger charge is 2.26. The normalized spacial score (nSPS) is 14.9. The van der Waals surface area contributed by atoms with Crippen molar-refractivity contribution in [3.05, 3.63) is 40.5 Å². The fraction of sp³-hybridized carbons (Fsp3) is 0.429. The summed E-state index contributed by atoms with van der Waals surface area (Å²) in [6.07, 6.45) is 1.55. The molecule has 28 heavy (non-hydrogen) atoms. The molecule has 2 heterocycles. The van der Waals surface area contributed by atoms with Crippen molar-refractivity contribution in [3.8, 4) is 11.1 Å². The summed E-state index contributed by atoms with van der Waals surface area (Å²) in [7, 11) is 0. The van der Waals surface area contributed by atoms with Gasteiger partial charge < -0.3 is 20.3 Å². The quantitative estimate of drug-likeness (QED) is 0.689. The first-order valence-electron chi connectivity index (χ1n) is 9.39. The number of nitrogens with zero attached hydrogens (tertiary/aromatic N) is 3. The lowest BCUT2D eigenvalue weighted by atomic mass is 10.0. The molecule has 0 radical (unpaired) electrons. The largest absolute Gasteiger partial charge is 0.444 e. The number of pyridine rings is 1. The summed E-state index contributed by atoms with van der Waals surface area (Å²) in [6, 6.07) is 8.12. The van der Waals surface area contributed by atoms with Gasteiger partial charge in [-0.05, 0) is 79.0 Å². The Labute approximate surface area is 174 Å². The van der Waals surface area contributed by atoms with Crippen LogP contribution in [0.4, 0.5) is 16.3 Å². The summed E-state index contributed by atoms with van der Waals surface area (Å²) in [4.78, 5) is 20.7. The van der Waals surface area contributed by atoms with Gasteiger partial charge in [0.15, 0.2) is 0 Å². The number of nitrogens with two attached hydrogens (primary N) is 1. The maximum atomic E-state index is 12.2. The monoisotopic (exact) mass is 446 g/mol. The average molecular weight is 447 g/mol. The molecule has 1 aliphatic rings. The summed E-state index contributed by atoms with van der Waals surface area (Å²) >= 11 is 3.53. The van der Waals surface area contributed by atoms with E-state index in [9.17, 15) is 4.79 Å². The highest BCUT2D eigenvalue weighted by molar-refractivity contribution is 9.10. The molecular weight excluding hydrogens is 420 g/mol. The van der Waals surface area contributed by atoms with Crippen LogP contribution in [-0.2, 0) is 4.74 Å². The number of piperazine rings is 1. The van der Waals surface area contributed by atoms with Crippen molar-refractivity contribution in [2.24, 2.45) is 0 Å². The first kappa shape index (κ1) is 20.5. The van der Waals surface area contributed by atoms with Crippen LogP contribution in [-0.4, -0.2) is 47.8 Å². The van der Waals surface area contributed by atoms with Crippen molar-refractivity contribution in [2.45, 2.75) is 33.3 Å². The van der Waals surface area contributed by atoms with E-state index in [0.717, 1.165) is 32.7 Å². The molecule has 150 valence electrons. The SMILES string of the molecule is Cc1cc(Br)c(N)c(-c2ccnc(N3CCN(C(=O)OC(C)(C)C)CC3)c2)c1. The Morgan fingerprint density at radius 1 is 1.18 bits per heavy atom. The molecule has 2 aromatic rings. The minimum absolute atomic E-state index is 0.258. The summed E-state index contributed by atoms with van der Waals surface area (Å²) in [5, 5.41) is 0. The van der Waals surface area contributed by atoms with E-state index in [1.807, 2.05) is 39.8 Å². The number of amides is 1. The molecule has 1 fully saturated rings. The van der Waals surface area contributed by atoms with Crippen LogP contribution in [0.5, 0.6) is 0 Å². The van der Waals surface area contributed by atoms with Gasteiger partial charge in [0.05, 0.1) is 5.69 Å². The molecule has 1 amide bonds. The van der Waals surface area contributed by atoms with Gasteiger partial charge in [-0.25, -0.2) is 9.78 Å². The second-order valence-corrected chi connectivity index (χ2v) is 8.92. The van der Waals surface area contributed by atoms with E-state index in [1.54, 1.807) is 11.1 Å². The molecule has 1 aromatic heterocycles. The number of carbonyl (C=O) groups excluding carboxylic acids is 1. The molecule has 0 saturated carbocycles. The van der Waals surface area contributed by atoms with Crippen molar-refractivity contribution in [3.63, 3.8) is 0 Å². The Morgan fingerprint density at radius 2 is 1.86 bits per heavy atom. The second-order valence-electron chi connectivity index (χ2n) is 8.07. The van der Waals surface area contributed by atoms with Gasteiger partial charge >= 0.3 is 6.09 Å². The van der Waals surface area contributed by atoms with E-state index in [0.29, 0.717) is 26.2 Å². The lowest BCUT2D eigenvalue weighted by Crippen LogP contribution is -2.50. The maximum Gasteiger partial charge on any atom is 0.410 e. The molecular formula is C21H27BrN4O2. The van der Waals surface area contributed by atoms with Crippen molar-refractivity contribution < 1.29 is 9.53 Å². The summed E-state index contributed by atoms with van der Waals surface area (Å²) < 4.78 is 6.36. The van der Waals surface area contributed by atoms with Gasteiger partial charge in [0.1, 0.15) is 11.4 Å². The molecule has 7 heteroatoms. The maximum absolute atomic E-state index is 12.2. The van der Waals surface area contributed by atoms with Crippen LogP contribution in [0.2, 0.25) is 0 Å². The van der Waals surface area contributed by atoms with Crippen LogP contribution >= 0.6 is 15.9 Å². The van der Waals surface area contributed by atoms with Gasteiger partial charge in [0, 0.05) is 42.4 Å². The summed E-state index contributed by atoms with van der Waals surface area (Å²) in [5.74, 6) is 0.887. The van der Waals surface area contributed by atoms with E-state index in [4.69, 9.17) is 10.5 Å². The topological polar surface area (TPSA) is 71.7 Å². The highest BCUT2D eigenvalue weighted by atomic mass is 79.9. The molecule has 1 aliphatic heterocycles. The molecule has 0 spiro atoms. The van der Waals surface area contributed by atoms with E-state index < -0.39 is 5.60 Å².